The molecule has 0 saturated heterocycles. The number of nitrogen functional groups attached to an aromatic ring is 1. The Hall–Kier alpha value is -3.75. The van der Waals surface area contributed by atoms with Crippen LogP contribution >= 0.6 is 0 Å². The molecule has 0 aromatic carbocycles. The summed E-state index contributed by atoms with van der Waals surface area (Å²) in [5, 5.41) is 5.86. The summed E-state index contributed by atoms with van der Waals surface area (Å²) in [7, 11) is 0. The van der Waals surface area contributed by atoms with Crippen molar-refractivity contribution in [1.82, 2.24) is 24.8 Å². The zero-order valence-corrected chi connectivity index (χ0v) is 17.3. The number of carbonyl (C=O) groups excluding carboxylic acids is 1. The average Bonchev–Trinajstić information content (AvgIpc) is 2.70. The highest BCUT2D eigenvalue weighted by Crippen LogP contribution is 2.22. The van der Waals surface area contributed by atoms with Crippen LogP contribution in [0.2, 0.25) is 0 Å². The van der Waals surface area contributed by atoms with Crippen LogP contribution in [0.1, 0.15) is 29.4 Å². The lowest BCUT2D eigenvalue weighted by molar-refractivity contribution is -0.119. The predicted octanol–water partition coefficient (Wildman–Crippen LogP) is 1.51. The summed E-state index contributed by atoms with van der Waals surface area (Å²) in [5.74, 6) is 0.265. The number of hydrogen-bond donors (Lipinski definition) is 3. The number of anilines is 2. The summed E-state index contributed by atoms with van der Waals surface area (Å²) >= 11 is 0. The molecule has 0 aliphatic rings. The van der Waals surface area contributed by atoms with Crippen molar-refractivity contribution >= 4 is 17.5 Å². The largest absolute Gasteiger partial charge is 0.382 e. The third-order valence-corrected chi connectivity index (χ3v) is 4.57. The fourth-order valence-corrected chi connectivity index (χ4v) is 3.18. The van der Waals surface area contributed by atoms with E-state index < -0.39 is 0 Å². The second-order valence-corrected chi connectivity index (χ2v) is 6.99. The van der Waals surface area contributed by atoms with Crippen molar-refractivity contribution in [2.75, 3.05) is 17.6 Å². The van der Waals surface area contributed by atoms with Gasteiger partial charge in [-0.1, -0.05) is 0 Å². The van der Waals surface area contributed by atoms with Crippen LogP contribution in [0.15, 0.2) is 41.6 Å². The van der Waals surface area contributed by atoms with Crippen molar-refractivity contribution in [1.29, 1.82) is 0 Å². The quantitative estimate of drug-likeness (QED) is 0.542. The third kappa shape index (κ3) is 4.80. The summed E-state index contributed by atoms with van der Waals surface area (Å²) in [6.45, 7) is 5.79. The Kier molecular flexibility index (Phi) is 6.41. The first-order chi connectivity index (χ1) is 14.4. The minimum atomic E-state index is -0.328. The highest BCUT2D eigenvalue weighted by molar-refractivity contribution is 5.73. The molecule has 3 aromatic rings. The normalized spacial score (nSPS) is 10.6. The lowest BCUT2D eigenvalue weighted by Crippen LogP contribution is -2.29. The zero-order chi connectivity index (χ0) is 21.7. The van der Waals surface area contributed by atoms with Gasteiger partial charge in [0.05, 0.1) is 5.69 Å². The first-order valence-electron chi connectivity index (χ1n) is 9.59. The minimum Gasteiger partial charge on any atom is -0.382 e. The lowest BCUT2D eigenvalue weighted by atomic mass is 10.1. The minimum absolute atomic E-state index is 0.175. The molecule has 0 spiro atoms. The summed E-state index contributed by atoms with van der Waals surface area (Å²) in [6.07, 6.45) is 5.80. The van der Waals surface area contributed by atoms with E-state index in [0.29, 0.717) is 29.2 Å². The number of rotatable bonds is 7. The van der Waals surface area contributed by atoms with Crippen LogP contribution < -0.4 is 21.9 Å². The Balaban J connectivity index is 1.95. The molecule has 0 atom stereocenters. The van der Waals surface area contributed by atoms with Crippen LogP contribution in [0.25, 0.3) is 5.69 Å². The molecule has 0 aliphatic heterocycles. The molecule has 9 nitrogen and oxygen atoms in total. The van der Waals surface area contributed by atoms with Crippen molar-refractivity contribution in [3.05, 3.63) is 69.7 Å². The Morgan fingerprint density at radius 3 is 2.67 bits per heavy atom. The maximum Gasteiger partial charge on any atom is 0.298 e. The molecule has 3 rings (SSSR count). The van der Waals surface area contributed by atoms with E-state index in [4.69, 9.17) is 5.73 Å². The van der Waals surface area contributed by atoms with Crippen LogP contribution in [0.3, 0.4) is 0 Å². The Morgan fingerprint density at radius 1 is 1.23 bits per heavy atom. The van der Waals surface area contributed by atoms with E-state index in [0.717, 1.165) is 12.0 Å². The van der Waals surface area contributed by atoms with Crippen molar-refractivity contribution in [3.63, 3.8) is 0 Å². The number of nitrogens with two attached hydrogens (primary N) is 1. The second-order valence-electron chi connectivity index (χ2n) is 6.99. The number of aryl methyl sites for hydroxylation is 2. The zero-order valence-electron chi connectivity index (χ0n) is 17.3. The molecule has 1 amide bonds. The second kappa shape index (κ2) is 9.17. The maximum absolute atomic E-state index is 13.2. The Bertz CT molecular complexity index is 1110. The molecule has 30 heavy (non-hydrogen) atoms. The van der Waals surface area contributed by atoms with E-state index in [1.165, 1.54) is 11.5 Å². The molecule has 3 aromatic heterocycles. The summed E-state index contributed by atoms with van der Waals surface area (Å²) < 4.78 is 1.49. The van der Waals surface area contributed by atoms with Crippen LogP contribution in [-0.4, -0.2) is 32.0 Å². The average molecular weight is 407 g/mol. The molecular weight excluding hydrogens is 382 g/mol. The van der Waals surface area contributed by atoms with Gasteiger partial charge in [-0.25, -0.2) is 9.97 Å². The van der Waals surface area contributed by atoms with Crippen LogP contribution in [0.4, 0.5) is 11.6 Å². The highest BCUT2D eigenvalue weighted by atomic mass is 16.1. The third-order valence-electron chi connectivity index (χ3n) is 4.57. The summed E-state index contributed by atoms with van der Waals surface area (Å²) in [4.78, 5) is 37.2. The number of pyridine rings is 2. The molecule has 0 saturated carbocycles. The van der Waals surface area contributed by atoms with Gasteiger partial charge < -0.3 is 16.4 Å². The first kappa shape index (κ1) is 21.0. The predicted molar refractivity (Wildman–Crippen MR) is 115 cm³/mol. The van der Waals surface area contributed by atoms with Crippen LogP contribution in [-0.2, 0) is 17.8 Å². The molecule has 0 aliphatic carbocycles. The molecule has 4 N–H and O–H groups in total. The molecule has 0 radical (unpaired) electrons. The van der Waals surface area contributed by atoms with Gasteiger partial charge in [0.2, 0.25) is 5.91 Å². The van der Waals surface area contributed by atoms with Crippen molar-refractivity contribution < 1.29 is 4.79 Å². The standard InChI is InChI=1S/C21H25N7O2/c1-13-10-17(12-25-15(3)29)18(19(22)27-13)28-14(2)11-26-20(21(28)30)24-9-6-16-4-7-23-8-5-16/h4-5,7-8,10-11H,6,9,12H2,1-3H3,(H2,22,27)(H,24,26)(H,25,29). The smallest absolute Gasteiger partial charge is 0.298 e. The number of hydrogen-bond acceptors (Lipinski definition) is 7. The topological polar surface area (TPSA) is 128 Å². The van der Waals surface area contributed by atoms with E-state index in [1.54, 1.807) is 25.5 Å². The summed E-state index contributed by atoms with van der Waals surface area (Å²) in [5.41, 5.74) is 9.44. The lowest BCUT2D eigenvalue weighted by Gasteiger charge is -2.18. The maximum atomic E-state index is 13.2. The van der Waals surface area contributed by atoms with E-state index in [9.17, 15) is 9.59 Å². The van der Waals surface area contributed by atoms with E-state index in [-0.39, 0.29) is 29.6 Å². The van der Waals surface area contributed by atoms with Crippen LogP contribution in [0.5, 0.6) is 0 Å². The molecule has 0 bridgehead atoms. The molecule has 156 valence electrons. The molecular formula is C21H25N7O2. The van der Waals surface area contributed by atoms with Crippen LogP contribution in [0, 0.1) is 13.8 Å². The highest BCUT2D eigenvalue weighted by Gasteiger charge is 2.17. The van der Waals surface area contributed by atoms with Gasteiger partial charge in [0.1, 0.15) is 5.82 Å². The van der Waals surface area contributed by atoms with Crippen molar-refractivity contribution in [2.45, 2.75) is 33.7 Å². The van der Waals surface area contributed by atoms with Gasteiger partial charge in [-0.2, -0.15) is 0 Å². The van der Waals surface area contributed by atoms with Gasteiger partial charge in [0.15, 0.2) is 5.82 Å². The molecule has 3 heterocycles. The number of amides is 1. The van der Waals surface area contributed by atoms with E-state index >= 15 is 0 Å². The van der Waals surface area contributed by atoms with Gasteiger partial charge in [0.25, 0.3) is 5.56 Å². The van der Waals surface area contributed by atoms with Gasteiger partial charge in [0, 0.05) is 55.6 Å². The Labute approximate surface area is 174 Å². The fourth-order valence-electron chi connectivity index (χ4n) is 3.18. The van der Waals surface area contributed by atoms with Crippen molar-refractivity contribution in [2.24, 2.45) is 0 Å². The summed E-state index contributed by atoms with van der Waals surface area (Å²) in [6, 6.07) is 5.66. The van der Waals surface area contributed by atoms with Crippen molar-refractivity contribution in [3.8, 4) is 5.69 Å². The van der Waals surface area contributed by atoms with E-state index in [1.807, 2.05) is 25.1 Å². The Morgan fingerprint density at radius 2 is 1.97 bits per heavy atom. The fraction of sp³-hybridized carbons (Fsp3) is 0.286. The van der Waals surface area contributed by atoms with E-state index in [2.05, 4.69) is 25.6 Å². The monoisotopic (exact) mass is 407 g/mol. The molecule has 0 fully saturated rings. The van der Waals surface area contributed by atoms with Gasteiger partial charge in [-0.05, 0) is 44.0 Å². The number of aromatic nitrogens is 4. The number of carbonyl (C=O) groups is 1. The van der Waals surface area contributed by atoms with Gasteiger partial charge in [-0.3, -0.25) is 19.1 Å². The SMILES string of the molecule is CC(=O)NCc1cc(C)nc(N)c1-n1c(C)cnc(NCCc2ccncc2)c1=O. The van der Waals surface area contributed by atoms with Gasteiger partial charge >= 0.3 is 0 Å². The molecule has 9 heteroatoms. The number of nitrogens with zero attached hydrogens (tertiary/aromatic N) is 4. The number of nitrogens with one attached hydrogen (secondary N) is 2. The molecule has 0 unspecified atom stereocenters. The van der Waals surface area contributed by atoms with Gasteiger partial charge in [-0.15, -0.1) is 0 Å². The first-order valence-corrected chi connectivity index (χ1v) is 9.59.